The van der Waals surface area contributed by atoms with Crippen LogP contribution in [0, 0.1) is 0 Å². The third kappa shape index (κ3) is 3.73. The maximum atomic E-state index is 12.1. The van der Waals surface area contributed by atoms with Gasteiger partial charge >= 0.3 is 0 Å². The quantitative estimate of drug-likeness (QED) is 0.859. The normalized spacial score (nSPS) is 13.7. The average Bonchev–Trinajstić information content (AvgIpc) is 3.01. The van der Waals surface area contributed by atoms with Gasteiger partial charge in [-0.25, -0.2) is 0 Å². The van der Waals surface area contributed by atoms with Crippen molar-refractivity contribution in [3.63, 3.8) is 0 Å². The van der Waals surface area contributed by atoms with E-state index >= 15 is 0 Å². The zero-order valence-electron chi connectivity index (χ0n) is 12.2. The molecule has 110 valence electrons. The van der Waals surface area contributed by atoms with Crippen molar-refractivity contribution < 1.29 is 4.79 Å². The molecule has 1 aliphatic rings. The first-order chi connectivity index (χ1) is 10.3. The Balaban J connectivity index is 1.55. The fourth-order valence-corrected chi connectivity index (χ4v) is 3.74. The van der Waals surface area contributed by atoms with E-state index in [4.69, 9.17) is 0 Å². The molecule has 1 amide bonds. The molecule has 0 atom stereocenters. The second-order valence-corrected chi connectivity index (χ2v) is 6.66. The number of carbonyl (C=O) groups excluding carboxylic acids is 1. The molecule has 1 aromatic carbocycles. The lowest BCUT2D eigenvalue weighted by molar-refractivity contribution is -0.116. The highest BCUT2D eigenvalue weighted by Gasteiger charge is 2.14. The second-order valence-electron chi connectivity index (χ2n) is 5.63. The van der Waals surface area contributed by atoms with Crippen molar-refractivity contribution in [1.29, 1.82) is 0 Å². The predicted octanol–water partition coefficient (Wildman–Crippen LogP) is 4.59. The summed E-state index contributed by atoms with van der Waals surface area (Å²) in [6.07, 6.45) is 7.27. The molecule has 0 unspecified atom stereocenters. The minimum absolute atomic E-state index is 0.144. The van der Waals surface area contributed by atoms with E-state index in [0.29, 0.717) is 6.42 Å². The van der Waals surface area contributed by atoms with Gasteiger partial charge in [-0.1, -0.05) is 18.2 Å². The van der Waals surface area contributed by atoms with Gasteiger partial charge in [-0.2, -0.15) is 0 Å². The Bertz CT molecular complexity index is 604. The number of hydrogen-bond acceptors (Lipinski definition) is 2. The lowest BCUT2D eigenvalue weighted by atomic mass is 9.90. The molecule has 0 saturated carbocycles. The number of anilines is 1. The standard InChI is InChI=1S/C18H21NOS/c20-18(12-4-8-15-9-5-13-21-15)19-17-11-3-7-14-6-1-2-10-16(14)17/h3,5,7,9,11,13H,1-2,4,6,8,10,12H2,(H,19,20). The molecule has 1 aromatic heterocycles. The van der Waals surface area contributed by atoms with Crippen LogP contribution in [0.5, 0.6) is 0 Å². The summed E-state index contributed by atoms with van der Waals surface area (Å²) in [6.45, 7) is 0. The highest BCUT2D eigenvalue weighted by atomic mass is 32.1. The number of nitrogens with one attached hydrogen (secondary N) is 1. The zero-order chi connectivity index (χ0) is 14.5. The highest BCUT2D eigenvalue weighted by molar-refractivity contribution is 7.09. The van der Waals surface area contributed by atoms with Gasteiger partial charge in [0.15, 0.2) is 0 Å². The van der Waals surface area contributed by atoms with Crippen LogP contribution < -0.4 is 5.32 Å². The van der Waals surface area contributed by atoms with Crippen molar-refractivity contribution in [3.8, 4) is 0 Å². The number of hydrogen-bond donors (Lipinski definition) is 1. The van der Waals surface area contributed by atoms with Crippen molar-refractivity contribution >= 4 is 22.9 Å². The molecule has 0 spiro atoms. The Labute approximate surface area is 130 Å². The smallest absolute Gasteiger partial charge is 0.224 e. The molecule has 0 saturated heterocycles. The maximum absolute atomic E-state index is 12.1. The van der Waals surface area contributed by atoms with Crippen LogP contribution in [-0.4, -0.2) is 5.91 Å². The van der Waals surface area contributed by atoms with Gasteiger partial charge in [0.2, 0.25) is 5.91 Å². The fourth-order valence-electron chi connectivity index (χ4n) is 2.99. The Kier molecular flexibility index (Phi) is 4.71. The van der Waals surface area contributed by atoms with E-state index in [0.717, 1.165) is 31.4 Å². The van der Waals surface area contributed by atoms with E-state index < -0.39 is 0 Å². The van der Waals surface area contributed by atoms with Crippen molar-refractivity contribution in [2.75, 3.05) is 5.32 Å². The van der Waals surface area contributed by atoms with Crippen LogP contribution in [0.15, 0.2) is 35.7 Å². The summed E-state index contributed by atoms with van der Waals surface area (Å²) in [4.78, 5) is 13.5. The Hall–Kier alpha value is -1.61. The van der Waals surface area contributed by atoms with Crippen LogP contribution in [0.3, 0.4) is 0 Å². The number of fused-ring (bicyclic) bond motifs is 1. The largest absolute Gasteiger partial charge is 0.326 e. The Morgan fingerprint density at radius 2 is 2.05 bits per heavy atom. The number of aryl methyl sites for hydroxylation is 2. The van der Waals surface area contributed by atoms with Crippen LogP contribution in [0.25, 0.3) is 0 Å². The summed E-state index contributed by atoms with van der Waals surface area (Å²) in [5.41, 5.74) is 3.81. The molecule has 2 aromatic rings. The zero-order valence-corrected chi connectivity index (χ0v) is 13.0. The summed E-state index contributed by atoms with van der Waals surface area (Å²) in [6, 6.07) is 10.5. The SMILES string of the molecule is O=C(CCCc1cccs1)Nc1cccc2c1CCCC2. The number of benzene rings is 1. The molecule has 21 heavy (non-hydrogen) atoms. The van der Waals surface area contributed by atoms with Crippen molar-refractivity contribution in [2.24, 2.45) is 0 Å². The first-order valence-electron chi connectivity index (χ1n) is 7.76. The molecular formula is C18H21NOS. The summed E-state index contributed by atoms with van der Waals surface area (Å²) < 4.78 is 0. The predicted molar refractivity (Wildman–Crippen MR) is 89.0 cm³/mol. The van der Waals surface area contributed by atoms with Gasteiger partial charge in [0.25, 0.3) is 0 Å². The maximum Gasteiger partial charge on any atom is 0.224 e. The lowest BCUT2D eigenvalue weighted by Gasteiger charge is -2.19. The molecule has 3 rings (SSSR count). The Morgan fingerprint density at radius 3 is 2.90 bits per heavy atom. The molecule has 0 fully saturated rings. The van der Waals surface area contributed by atoms with Gasteiger partial charge in [-0.05, 0) is 67.2 Å². The number of amides is 1. The van der Waals surface area contributed by atoms with Crippen molar-refractivity contribution in [2.45, 2.75) is 44.9 Å². The topological polar surface area (TPSA) is 29.1 Å². The number of carbonyl (C=O) groups is 1. The third-order valence-corrected chi connectivity index (χ3v) is 5.01. The second kappa shape index (κ2) is 6.90. The average molecular weight is 299 g/mol. The van der Waals surface area contributed by atoms with E-state index in [9.17, 15) is 4.79 Å². The van der Waals surface area contributed by atoms with E-state index in [2.05, 4.69) is 35.0 Å². The fraction of sp³-hybridized carbons (Fsp3) is 0.389. The molecule has 1 N–H and O–H groups in total. The van der Waals surface area contributed by atoms with E-state index in [1.165, 1.54) is 28.8 Å². The third-order valence-electron chi connectivity index (χ3n) is 4.08. The minimum atomic E-state index is 0.144. The molecule has 0 bridgehead atoms. The van der Waals surface area contributed by atoms with Gasteiger partial charge < -0.3 is 5.32 Å². The monoisotopic (exact) mass is 299 g/mol. The van der Waals surface area contributed by atoms with Gasteiger partial charge in [0, 0.05) is 17.0 Å². The van der Waals surface area contributed by atoms with E-state index in [1.54, 1.807) is 11.3 Å². The molecule has 0 aliphatic heterocycles. The molecule has 2 nitrogen and oxygen atoms in total. The van der Waals surface area contributed by atoms with Crippen LogP contribution in [0.2, 0.25) is 0 Å². The van der Waals surface area contributed by atoms with E-state index in [-0.39, 0.29) is 5.91 Å². The Morgan fingerprint density at radius 1 is 1.14 bits per heavy atom. The van der Waals surface area contributed by atoms with Gasteiger partial charge in [0.1, 0.15) is 0 Å². The first kappa shape index (κ1) is 14.3. The van der Waals surface area contributed by atoms with Gasteiger partial charge in [-0.15, -0.1) is 11.3 Å². The van der Waals surface area contributed by atoms with Gasteiger partial charge in [-0.3, -0.25) is 4.79 Å². The molecule has 1 aliphatic carbocycles. The van der Waals surface area contributed by atoms with Crippen molar-refractivity contribution in [1.82, 2.24) is 0 Å². The minimum Gasteiger partial charge on any atom is -0.326 e. The van der Waals surface area contributed by atoms with E-state index in [1.807, 2.05) is 6.07 Å². The first-order valence-corrected chi connectivity index (χ1v) is 8.64. The summed E-state index contributed by atoms with van der Waals surface area (Å²) in [5.74, 6) is 0.144. The van der Waals surface area contributed by atoms with Crippen LogP contribution in [-0.2, 0) is 24.1 Å². The summed E-state index contributed by atoms with van der Waals surface area (Å²) in [5, 5.41) is 5.20. The molecule has 3 heteroatoms. The van der Waals surface area contributed by atoms with Crippen LogP contribution >= 0.6 is 11.3 Å². The van der Waals surface area contributed by atoms with Crippen LogP contribution in [0.4, 0.5) is 5.69 Å². The van der Waals surface area contributed by atoms with Crippen molar-refractivity contribution in [3.05, 3.63) is 51.7 Å². The molecule has 0 radical (unpaired) electrons. The van der Waals surface area contributed by atoms with Gasteiger partial charge in [0.05, 0.1) is 0 Å². The lowest BCUT2D eigenvalue weighted by Crippen LogP contribution is -2.15. The molecular weight excluding hydrogens is 278 g/mol. The molecule has 1 heterocycles. The number of rotatable bonds is 5. The summed E-state index contributed by atoms with van der Waals surface area (Å²) >= 11 is 1.77. The summed E-state index contributed by atoms with van der Waals surface area (Å²) in [7, 11) is 0. The van der Waals surface area contributed by atoms with Crippen LogP contribution in [0.1, 0.15) is 41.7 Å². The highest BCUT2D eigenvalue weighted by Crippen LogP contribution is 2.28. The number of thiophene rings is 1.